The summed E-state index contributed by atoms with van der Waals surface area (Å²) in [6, 6.07) is 20.6. The summed E-state index contributed by atoms with van der Waals surface area (Å²) in [7, 11) is 0. The average Bonchev–Trinajstić information content (AvgIpc) is 3.46. The minimum absolute atomic E-state index is 0.275. The smallest absolute Gasteiger partial charge is 0.335 e. The molecule has 2 aromatic carbocycles. The van der Waals surface area contributed by atoms with Crippen LogP contribution in [0.5, 0.6) is 0 Å². The highest BCUT2D eigenvalue weighted by molar-refractivity contribution is 9.10. The van der Waals surface area contributed by atoms with Crippen LogP contribution in [-0.4, -0.2) is 47.8 Å². The lowest BCUT2D eigenvalue weighted by Gasteiger charge is -2.37. The summed E-state index contributed by atoms with van der Waals surface area (Å²) >= 11 is 3.68. The maximum absolute atomic E-state index is 12.9. The number of piperazine rings is 1. The first-order valence-corrected chi connectivity index (χ1v) is 18.9. The molecule has 0 N–H and O–H groups in total. The predicted octanol–water partition coefficient (Wildman–Crippen LogP) is 10.1. The number of oxime groups is 1. The van der Waals surface area contributed by atoms with E-state index in [1.807, 2.05) is 30.5 Å². The topological polar surface area (TPSA) is 70.9 Å². The van der Waals surface area contributed by atoms with Crippen LogP contribution >= 0.6 is 15.9 Å². The Hall–Kier alpha value is -3.78. The highest BCUT2D eigenvalue weighted by atomic mass is 79.9. The SMILES string of the molecule is CCCCCCCCCCCCCCC(=O)O/N=C1\c2ccccc2-c2c1c(N1CCN(c3ccccn3)CC1)nc1ccc(Br)cc21. The van der Waals surface area contributed by atoms with E-state index in [1.54, 1.807) is 0 Å². The molecule has 3 heterocycles. The zero-order chi connectivity index (χ0) is 33.1. The van der Waals surface area contributed by atoms with Gasteiger partial charge in [-0.05, 0) is 42.3 Å². The average molecular weight is 711 g/mol. The van der Waals surface area contributed by atoms with Crippen LogP contribution in [0.15, 0.2) is 76.5 Å². The number of carbonyl (C=O) groups excluding carboxylic acids is 1. The molecule has 0 saturated carbocycles. The third-order valence-corrected chi connectivity index (χ3v) is 10.1. The number of hydrogen-bond donors (Lipinski definition) is 0. The minimum Gasteiger partial charge on any atom is -0.353 e. The van der Waals surface area contributed by atoms with Crippen LogP contribution in [-0.2, 0) is 9.63 Å². The minimum atomic E-state index is -0.275. The first-order chi connectivity index (χ1) is 23.6. The number of unbranched alkanes of at least 4 members (excludes halogenated alkanes) is 11. The highest BCUT2D eigenvalue weighted by Crippen LogP contribution is 2.46. The normalized spacial score (nSPS) is 14.8. The summed E-state index contributed by atoms with van der Waals surface area (Å²) in [5, 5.41) is 5.65. The lowest BCUT2D eigenvalue weighted by Crippen LogP contribution is -2.47. The summed E-state index contributed by atoms with van der Waals surface area (Å²) in [6.45, 7) is 5.52. The molecule has 6 rings (SSSR count). The quantitative estimate of drug-likeness (QED) is 0.0577. The fraction of sp³-hybridized carbons (Fsp3) is 0.450. The molecule has 0 bridgehead atoms. The molecule has 2 aliphatic rings. The molecule has 0 radical (unpaired) electrons. The van der Waals surface area contributed by atoms with E-state index in [9.17, 15) is 4.79 Å². The molecule has 0 unspecified atom stereocenters. The maximum atomic E-state index is 12.9. The van der Waals surface area contributed by atoms with Crippen LogP contribution in [0, 0.1) is 0 Å². The van der Waals surface area contributed by atoms with Gasteiger partial charge in [0.05, 0.1) is 11.1 Å². The van der Waals surface area contributed by atoms with E-state index in [1.165, 1.54) is 64.2 Å². The summed E-state index contributed by atoms with van der Waals surface area (Å²) in [5.41, 5.74) is 5.69. The summed E-state index contributed by atoms with van der Waals surface area (Å²) < 4.78 is 0.993. The van der Waals surface area contributed by atoms with Gasteiger partial charge in [-0.25, -0.2) is 14.8 Å². The highest BCUT2D eigenvalue weighted by Gasteiger charge is 2.34. The van der Waals surface area contributed by atoms with Crippen molar-refractivity contribution >= 4 is 50.1 Å². The molecule has 4 aromatic rings. The third kappa shape index (κ3) is 8.25. The number of anilines is 2. The molecule has 48 heavy (non-hydrogen) atoms. The first kappa shape index (κ1) is 34.1. The van der Waals surface area contributed by atoms with Gasteiger partial charge in [0.25, 0.3) is 0 Å². The van der Waals surface area contributed by atoms with E-state index >= 15 is 0 Å². The molecule has 1 saturated heterocycles. The zero-order valence-corrected chi connectivity index (χ0v) is 29.9. The van der Waals surface area contributed by atoms with Crippen molar-refractivity contribution in [2.75, 3.05) is 36.0 Å². The Bertz CT molecular complexity index is 1700. The van der Waals surface area contributed by atoms with Gasteiger partial charge in [-0.3, -0.25) is 0 Å². The number of nitrogens with zero attached hydrogens (tertiary/aromatic N) is 5. The number of hydrogen-bond acceptors (Lipinski definition) is 7. The number of halogens is 1. The second-order valence-electron chi connectivity index (χ2n) is 13.1. The Morgan fingerprint density at radius 1 is 0.771 bits per heavy atom. The van der Waals surface area contributed by atoms with Crippen LogP contribution in [0.25, 0.3) is 22.0 Å². The largest absolute Gasteiger partial charge is 0.353 e. The van der Waals surface area contributed by atoms with Crippen LogP contribution in [0.1, 0.15) is 102 Å². The van der Waals surface area contributed by atoms with Gasteiger partial charge in [0, 0.05) is 59.8 Å². The first-order valence-electron chi connectivity index (χ1n) is 18.1. The van der Waals surface area contributed by atoms with Gasteiger partial charge in [-0.2, -0.15) is 0 Å². The Kier molecular flexibility index (Phi) is 12.1. The van der Waals surface area contributed by atoms with Crippen molar-refractivity contribution < 1.29 is 9.63 Å². The van der Waals surface area contributed by atoms with Crippen LogP contribution in [0.2, 0.25) is 0 Å². The van der Waals surface area contributed by atoms with E-state index in [-0.39, 0.29) is 5.97 Å². The Morgan fingerprint density at radius 2 is 1.42 bits per heavy atom. The number of fused-ring (bicyclic) bond motifs is 5. The summed E-state index contributed by atoms with van der Waals surface area (Å²) in [5.74, 6) is 1.60. The van der Waals surface area contributed by atoms with Gasteiger partial charge in [0.1, 0.15) is 17.3 Å². The van der Waals surface area contributed by atoms with Crippen molar-refractivity contribution in [2.24, 2.45) is 5.16 Å². The molecule has 7 nitrogen and oxygen atoms in total. The maximum Gasteiger partial charge on any atom is 0.335 e. The number of pyridine rings is 2. The molecule has 0 atom stereocenters. The summed E-state index contributed by atoms with van der Waals surface area (Å²) in [4.78, 5) is 33.1. The van der Waals surface area contributed by atoms with Crippen molar-refractivity contribution in [1.29, 1.82) is 0 Å². The lowest BCUT2D eigenvalue weighted by atomic mass is 10.0. The number of rotatable bonds is 16. The predicted molar refractivity (Wildman–Crippen MR) is 201 cm³/mol. The fourth-order valence-corrected chi connectivity index (χ4v) is 7.39. The van der Waals surface area contributed by atoms with Gasteiger partial charge < -0.3 is 14.6 Å². The van der Waals surface area contributed by atoms with Gasteiger partial charge in [0.2, 0.25) is 0 Å². The fourth-order valence-electron chi connectivity index (χ4n) is 7.03. The van der Waals surface area contributed by atoms with E-state index in [0.29, 0.717) is 12.1 Å². The van der Waals surface area contributed by atoms with Crippen molar-refractivity contribution in [3.8, 4) is 11.1 Å². The van der Waals surface area contributed by atoms with Crippen LogP contribution in [0.4, 0.5) is 11.6 Å². The van der Waals surface area contributed by atoms with Crippen molar-refractivity contribution in [2.45, 2.75) is 90.4 Å². The Balaban J connectivity index is 1.14. The molecule has 1 aliphatic carbocycles. The monoisotopic (exact) mass is 709 g/mol. The summed E-state index contributed by atoms with van der Waals surface area (Å²) in [6.07, 6.45) is 17.3. The van der Waals surface area contributed by atoms with E-state index in [0.717, 1.165) is 88.3 Å². The van der Waals surface area contributed by atoms with Gasteiger partial charge in [-0.1, -0.05) is 129 Å². The molecule has 0 spiro atoms. The van der Waals surface area contributed by atoms with Gasteiger partial charge in [-0.15, -0.1) is 0 Å². The van der Waals surface area contributed by atoms with Gasteiger partial charge in [0.15, 0.2) is 0 Å². The van der Waals surface area contributed by atoms with E-state index < -0.39 is 0 Å². The molecule has 1 aliphatic heterocycles. The lowest BCUT2D eigenvalue weighted by molar-refractivity contribution is -0.143. The van der Waals surface area contributed by atoms with E-state index in [2.05, 4.69) is 79.2 Å². The Morgan fingerprint density at radius 3 is 2.10 bits per heavy atom. The van der Waals surface area contributed by atoms with Gasteiger partial charge >= 0.3 is 5.97 Å². The van der Waals surface area contributed by atoms with Crippen molar-refractivity contribution in [3.63, 3.8) is 0 Å². The zero-order valence-electron chi connectivity index (χ0n) is 28.3. The van der Waals surface area contributed by atoms with Crippen LogP contribution in [0.3, 0.4) is 0 Å². The molecule has 2 aromatic heterocycles. The molecule has 0 amide bonds. The standard InChI is InChI=1S/C40H48BrN5O2/c1-2-3-4-5-6-7-8-9-10-11-12-13-21-36(47)48-44-39-32-19-15-14-18-31(32)37-33-29-30(41)22-23-34(33)43-40(38(37)39)46-27-25-45(26-28-46)35-20-16-17-24-42-35/h14-20,22-24,29H,2-13,21,25-28H2,1H3/b44-39+. The van der Waals surface area contributed by atoms with E-state index in [4.69, 9.17) is 9.82 Å². The second-order valence-corrected chi connectivity index (χ2v) is 14.0. The Labute approximate surface area is 293 Å². The molecule has 252 valence electrons. The second kappa shape index (κ2) is 17.0. The number of carbonyl (C=O) groups is 1. The number of benzene rings is 2. The number of aromatic nitrogens is 2. The molecule has 8 heteroatoms. The third-order valence-electron chi connectivity index (χ3n) is 9.64. The van der Waals surface area contributed by atoms with Crippen molar-refractivity contribution in [1.82, 2.24) is 9.97 Å². The van der Waals surface area contributed by atoms with Crippen molar-refractivity contribution in [3.05, 3.63) is 82.5 Å². The molecule has 1 fully saturated rings. The van der Waals surface area contributed by atoms with Crippen LogP contribution < -0.4 is 9.80 Å². The molecular weight excluding hydrogens is 662 g/mol. The molecular formula is C40H48BrN5O2.